The number of nitrogens with one attached hydrogen (secondary N) is 1. The van der Waals surface area contributed by atoms with Crippen LogP contribution in [0.2, 0.25) is 0 Å². The Labute approximate surface area is 144 Å². The van der Waals surface area contributed by atoms with Gasteiger partial charge in [0.25, 0.3) is 10.0 Å². The molecule has 0 bridgehead atoms. The second kappa shape index (κ2) is 9.42. The Kier molecular flexibility index (Phi) is 7.92. The van der Waals surface area contributed by atoms with Crippen molar-refractivity contribution in [3.8, 4) is 6.07 Å². The second-order valence-electron chi connectivity index (χ2n) is 5.52. The normalized spacial score (nSPS) is 13.4. The molecule has 24 heavy (non-hydrogen) atoms. The molecule has 2 N–H and O–H groups in total. The van der Waals surface area contributed by atoms with Gasteiger partial charge in [-0.1, -0.05) is 19.1 Å². The molecule has 0 amide bonds. The maximum absolute atomic E-state index is 12.2. The highest BCUT2D eigenvalue weighted by Crippen LogP contribution is 2.18. The van der Waals surface area contributed by atoms with Crippen LogP contribution in [0.15, 0.2) is 29.2 Å². The van der Waals surface area contributed by atoms with Crippen molar-refractivity contribution >= 4 is 21.8 Å². The molecule has 7 heteroatoms. The molecule has 1 rings (SSSR count). The fourth-order valence-corrected chi connectivity index (χ4v) is 3.16. The number of hydrogen-bond donors (Lipinski definition) is 2. The Morgan fingerprint density at radius 1 is 1.33 bits per heavy atom. The molecule has 0 saturated heterocycles. The molecule has 0 aliphatic heterocycles. The molecule has 0 aromatic heterocycles. The summed E-state index contributed by atoms with van der Waals surface area (Å²) in [6.45, 7) is 7.57. The zero-order valence-electron chi connectivity index (χ0n) is 14.4. The highest BCUT2D eigenvalue weighted by Gasteiger charge is 2.18. The number of rotatable bonds is 9. The van der Waals surface area contributed by atoms with Gasteiger partial charge in [-0.15, -0.1) is 0 Å². The number of sulfonamides is 1. The summed E-state index contributed by atoms with van der Waals surface area (Å²) < 4.78 is 26.7. The van der Waals surface area contributed by atoms with Gasteiger partial charge >= 0.3 is 0 Å². The van der Waals surface area contributed by atoms with Crippen LogP contribution in [0.4, 0.5) is 5.69 Å². The first-order chi connectivity index (χ1) is 11.4. The first kappa shape index (κ1) is 20.2. The van der Waals surface area contributed by atoms with E-state index in [1.165, 1.54) is 6.08 Å². The summed E-state index contributed by atoms with van der Waals surface area (Å²) in [6, 6.07) is 9.12. The first-order valence-corrected chi connectivity index (χ1v) is 9.43. The highest BCUT2D eigenvalue weighted by atomic mass is 32.2. The van der Waals surface area contributed by atoms with Gasteiger partial charge in [-0.2, -0.15) is 5.26 Å². The zero-order valence-corrected chi connectivity index (χ0v) is 15.2. The fraction of sp³-hybridized carbons (Fsp3) is 0.471. The van der Waals surface area contributed by atoms with Crippen molar-refractivity contribution in [1.82, 2.24) is 4.72 Å². The average Bonchev–Trinajstić information content (AvgIpc) is 2.59. The number of hydrogen-bond acceptors (Lipinski definition) is 5. The molecular weight excluding hydrogens is 326 g/mol. The van der Waals surface area contributed by atoms with Crippen LogP contribution in [0.25, 0.3) is 6.08 Å². The van der Waals surface area contributed by atoms with Crippen molar-refractivity contribution in [2.24, 2.45) is 5.92 Å². The monoisotopic (exact) mass is 351 g/mol. The highest BCUT2D eigenvalue weighted by molar-refractivity contribution is 7.93. The lowest BCUT2D eigenvalue weighted by molar-refractivity contribution is 0.239. The van der Waals surface area contributed by atoms with Crippen molar-refractivity contribution in [3.63, 3.8) is 0 Å². The van der Waals surface area contributed by atoms with Gasteiger partial charge in [-0.25, -0.2) is 13.1 Å². The smallest absolute Gasteiger partial charge is 0.250 e. The number of aliphatic hydroxyl groups excluding tert-OH is 1. The minimum Gasteiger partial charge on any atom is -0.396 e. The number of aliphatic hydroxyl groups is 1. The number of allylic oxidation sites excluding steroid dienone is 1. The van der Waals surface area contributed by atoms with Gasteiger partial charge in [0.1, 0.15) is 6.07 Å². The van der Waals surface area contributed by atoms with Gasteiger partial charge in [0.05, 0.1) is 0 Å². The van der Waals surface area contributed by atoms with Crippen LogP contribution in [0.1, 0.15) is 26.3 Å². The van der Waals surface area contributed by atoms with E-state index in [1.54, 1.807) is 25.1 Å². The van der Waals surface area contributed by atoms with Crippen LogP contribution in [0, 0.1) is 17.2 Å². The molecule has 0 saturated carbocycles. The summed E-state index contributed by atoms with van der Waals surface area (Å²) in [5, 5.41) is 18.1. The van der Waals surface area contributed by atoms with Crippen molar-refractivity contribution in [2.75, 3.05) is 31.1 Å². The molecule has 132 valence electrons. The van der Waals surface area contributed by atoms with Crippen molar-refractivity contribution in [2.45, 2.75) is 20.8 Å². The number of anilines is 1. The number of benzene rings is 1. The molecule has 0 fully saturated rings. The molecule has 0 aliphatic carbocycles. The fourth-order valence-electron chi connectivity index (χ4n) is 2.09. The van der Waals surface area contributed by atoms with Crippen LogP contribution >= 0.6 is 0 Å². The van der Waals surface area contributed by atoms with Gasteiger partial charge in [0.15, 0.2) is 4.91 Å². The summed E-state index contributed by atoms with van der Waals surface area (Å²) in [7, 11) is -3.88. The Morgan fingerprint density at radius 3 is 2.38 bits per heavy atom. The van der Waals surface area contributed by atoms with E-state index in [1.807, 2.05) is 12.1 Å². The van der Waals surface area contributed by atoms with Crippen molar-refractivity contribution in [1.29, 1.82) is 5.26 Å². The third-order valence-electron chi connectivity index (χ3n) is 3.65. The SMILES string of the molecule is CCN(CC)c1ccc(/C=C(\C#N)S(=O)(=O)NCC(C)CO)cc1. The summed E-state index contributed by atoms with van der Waals surface area (Å²) in [5.41, 5.74) is 1.69. The predicted molar refractivity (Wildman–Crippen MR) is 96.8 cm³/mol. The van der Waals surface area contributed by atoms with E-state index in [2.05, 4.69) is 23.5 Å². The lowest BCUT2D eigenvalue weighted by Gasteiger charge is -2.20. The van der Waals surface area contributed by atoms with E-state index in [-0.39, 0.29) is 24.0 Å². The molecule has 6 nitrogen and oxygen atoms in total. The van der Waals surface area contributed by atoms with Crippen LogP contribution in [0.5, 0.6) is 0 Å². The molecule has 0 spiro atoms. The molecule has 0 radical (unpaired) electrons. The van der Waals surface area contributed by atoms with Gasteiger partial charge in [-0.05, 0) is 43.5 Å². The van der Waals surface area contributed by atoms with Crippen LogP contribution < -0.4 is 9.62 Å². The topological polar surface area (TPSA) is 93.4 Å². The minimum absolute atomic E-state index is 0.0821. The Balaban J connectivity index is 2.98. The van der Waals surface area contributed by atoms with Crippen LogP contribution in [0.3, 0.4) is 0 Å². The van der Waals surface area contributed by atoms with Gasteiger partial charge in [-0.3, -0.25) is 0 Å². The Morgan fingerprint density at radius 2 is 1.92 bits per heavy atom. The summed E-state index contributed by atoms with van der Waals surface area (Å²) in [5.74, 6) is -0.215. The molecule has 1 aromatic carbocycles. The van der Waals surface area contributed by atoms with Crippen LogP contribution in [-0.2, 0) is 10.0 Å². The average molecular weight is 351 g/mol. The maximum Gasteiger partial charge on any atom is 0.250 e. The van der Waals surface area contributed by atoms with Crippen molar-refractivity contribution < 1.29 is 13.5 Å². The van der Waals surface area contributed by atoms with Crippen molar-refractivity contribution in [3.05, 3.63) is 34.7 Å². The lowest BCUT2D eigenvalue weighted by atomic mass is 10.2. The first-order valence-electron chi connectivity index (χ1n) is 7.95. The van der Waals surface area contributed by atoms with Gasteiger partial charge in [0, 0.05) is 31.9 Å². The van der Waals surface area contributed by atoms with E-state index in [9.17, 15) is 8.42 Å². The summed E-state index contributed by atoms with van der Waals surface area (Å²) in [4.78, 5) is 1.83. The van der Waals surface area contributed by atoms with E-state index in [0.29, 0.717) is 5.56 Å². The Hall–Kier alpha value is -1.88. The lowest BCUT2D eigenvalue weighted by Crippen LogP contribution is -2.30. The quantitative estimate of drug-likeness (QED) is 0.663. The van der Waals surface area contributed by atoms with Gasteiger partial charge in [0.2, 0.25) is 0 Å². The van der Waals surface area contributed by atoms with E-state index in [4.69, 9.17) is 10.4 Å². The molecule has 1 aromatic rings. The summed E-state index contributed by atoms with van der Waals surface area (Å²) >= 11 is 0. The molecule has 1 unspecified atom stereocenters. The Bertz CT molecular complexity index is 687. The van der Waals surface area contributed by atoms with E-state index in [0.717, 1.165) is 18.8 Å². The van der Waals surface area contributed by atoms with Crippen LogP contribution in [-0.4, -0.2) is 39.8 Å². The minimum atomic E-state index is -3.88. The molecular formula is C17H25N3O3S. The van der Waals surface area contributed by atoms with E-state index < -0.39 is 10.0 Å². The summed E-state index contributed by atoms with van der Waals surface area (Å²) in [6.07, 6.45) is 1.35. The van der Waals surface area contributed by atoms with E-state index >= 15 is 0 Å². The largest absolute Gasteiger partial charge is 0.396 e. The third-order valence-corrected chi connectivity index (χ3v) is 4.99. The second-order valence-corrected chi connectivity index (χ2v) is 7.26. The molecule has 1 atom stereocenters. The number of nitrogens with zero attached hydrogens (tertiary/aromatic N) is 2. The zero-order chi connectivity index (χ0) is 18.2. The number of nitriles is 1. The molecule has 0 aliphatic rings. The molecule has 0 heterocycles. The third kappa shape index (κ3) is 5.64. The standard InChI is InChI=1S/C17H25N3O3S/c1-4-20(5-2)16-8-6-15(7-9-16)10-17(11-18)24(22,23)19-12-14(3)13-21/h6-10,14,19,21H,4-5,12-13H2,1-3H3/b17-10+. The predicted octanol–water partition coefficient (Wildman–Crippen LogP) is 1.95. The van der Waals surface area contributed by atoms with Gasteiger partial charge < -0.3 is 10.0 Å². The maximum atomic E-state index is 12.2.